The van der Waals surface area contributed by atoms with Crippen LogP contribution in [0.2, 0.25) is 0 Å². The molecule has 3 atom stereocenters. The standard InChI is InChI=1S/C14H14F6N2O/c1-23-11-4-2-3-9-12(11)10(5-7(16)8(17)6-15)22-13(21-9)14(18,19)20/h2-4,7-8,10H,5-6H2,1H3,(H,21,22). The van der Waals surface area contributed by atoms with Gasteiger partial charge in [-0.1, -0.05) is 6.07 Å². The lowest BCUT2D eigenvalue weighted by molar-refractivity contribution is -0.0593. The van der Waals surface area contributed by atoms with Crippen LogP contribution < -0.4 is 10.1 Å². The quantitative estimate of drug-likeness (QED) is 0.817. The second-order valence-electron chi connectivity index (χ2n) is 4.96. The molecule has 3 unspecified atom stereocenters. The summed E-state index contributed by atoms with van der Waals surface area (Å²) in [6, 6.07) is 2.93. The number of halogens is 6. The Bertz CT molecular complexity index is 589. The van der Waals surface area contributed by atoms with E-state index in [1.807, 2.05) is 0 Å². The molecule has 1 aliphatic heterocycles. The number of nitrogens with zero attached hydrogens (tertiary/aromatic N) is 1. The Kier molecular flexibility index (Phi) is 5.06. The van der Waals surface area contributed by atoms with Gasteiger partial charge in [-0.2, -0.15) is 13.2 Å². The lowest BCUT2D eigenvalue weighted by atomic mass is 9.95. The first-order valence-electron chi connectivity index (χ1n) is 6.71. The van der Waals surface area contributed by atoms with Crippen LogP contribution in [0.15, 0.2) is 23.2 Å². The Morgan fingerprint density at radius 3 is 2.52 bits per heavy atom. The molecule has 1 N–H and O–H groups in total. The van der Waals surface area contributed by atoms with Gasteiger partial charge < -0.3 is 10.1 Å². The number of anilines is 1. The predicted octanol–water partition coefficient (Wildman–Crippen LogP) is 4.16. The molecule has 1 heterocycles. The molecule has 0 aromatic heterocycles. The molecule has 1 aromatic rings. The summed E-state index contributed by atoms with van der Waals surface area (Å²) in [5.74, 6) is -1.13. The van der Waals surface area contributed by atoms with Crippen molar-refractivity contribution in [3.63, 3.8) is 0 Å². The summed E-state index contributed by atoms with van der Waals surface area (Å²) in [4.78, 5) is 3.43. The number of ether oxygens (including phenoxy) is 1. The van der Waals surface area contributed by atoms with Crippen molar-refractivity contribution in [2.75, 3.05) is 19.1 Å². The highest BCUT2D eigenvalue weighted by atomic mass is 19.4. The van der Waals surface area contributed by atoms with Crippen LogP contribution >= 0.6 is 0 Å². The fourth-order valence-electron chi connectivity index (χ4n) is 2.33. The van der Waals surface area contributed by atoms with Gasteiger partial charge in [0.1, 0.15) is 18.6 Å². The lowest BCUT2D eigenvalue weighted by Gasteiger charge is -2.28. The number of fused-ring (bicyclic) bond motifs is 1. The highest BCUT2D eigenvalue weighted by Gasteiger charge is 2.41. The van der Waals surface area contributed by atoms with Gasteiger partial charge in [-0.3, -0.25) is 4.99 Å². The van der Waals surface area contributed by atoms with Crippen molar-refractivity contribution in [2.24, 2.45) is 4.99 Å². The molecule has 2 rings (SSSR count). The summed E-state index contributed by atoms with van der Waals surface area (Å²) < 4.78 is 82.8. The molecule has 0 fully saturated rings. The number of hydrogen-bond acceptors (Lipinski definition) is 3. The molecule has 9 heteroatoms. The third-order valence-corrected chi connectivity index (χ3v) is 3.41. The van der Waals surface area contributed by atoms with E-state index in [0.717, 1.165) is 0 Å². The van der Waals surface area contributed by atoms with Gasteiger partial charge in [0.25, 0.3) is 0 Å². The summed E-state index contributed by atoms with van der Waals surface area (Å²) >= 11 is 0. The zero-order chi connectivity index (χ0) is 17.2. The summed E-state index contributed by atoms with van der Waals surface area (Å²) in [6.07, 6.45) is -10.2. The van der Waals surface area contributed by atoms with Gasteiger partial charge in [-0.15, -0.1) is 0 Å². The van der Waals surface area contributed by atoms with Gasteiger partial charge in [0, 0.05) is 17.7 Å². The maximum absolute atomic E-state index is 13.7. The lowest BCUT2D eigenvalue weighted by Crippen LogP contribution is -2.35. The average molecular weight is 340 g/mol. The largest absolute Gasteiger partial charge is 0.496 e. The van der Waals surface area contributed by atoms with Crippen molar-refractivity contribution in [3.8, 4) is 5.75 Å². The molecule has 0 saturated carbocycles. The van der Waals surface area contributed by atoms with E-state index in [9.17, 15) is 26.3 Å². The Balaban J connectivity index is 2.42. The number of benzene rings is 1. The van der Waals surface area contributed by atoms with Crippen LogP contribution in [0.3, 0.4) is 0 Å². The van der Waals surface area contributed by atoms with Gasteiger partial charge in [-0.25, -0.2) is 13.2 Å². The number of methoxy groups -OCH3 is 1. The van der Waals surface area contributed by atoms with Crippen LogP contribution in [0.5, 0.6) is 5.75 Å². The SMILES string of the molecule is COc1cccc2c1C(CC(F)C(F)CF)N=C(C(F)(F)F)N2. The van der Waals surface area contributed by atoms with Crippen molar-refractivity contribution < 1.29 is 31.1 Å². The zero-order valence-corrected chi connectivity index (χ0v) is 12.0. The number of hydrogen-bond donors (Lipinski definition) is 1. The molecule has 3 nitrogen and oxygen atoms in total. The number of aliphatic imine (C=N–C) groups is 1. The van der Waals surface area contributed by atoms with Crippen molar-refractivity contribution in [3.05, 3.63) is 23.8 Å². The monoisotopic (exact) mass is 340 g/mol. The fourth-order valence-corrected chi connectivity index (χ4v) is 2.33. The van der Waals surface area contributed by atoms with Crippen LogP contribution in [0.4, 0.5) is 32.0 Å². The van der Waals surface area contributed by atoms with E-state index < -0.39 is 43.5 Å². The smallest absolute Gasteiger partial charge is 0.449 e. The van der Waals surface area contributed by atoms with Crippen LogP contribution in [0, 0.1) is 0 Å². The minimum absolute atomic E-state index is 0.0412. The van der Waals surface area contributed by atoms with E-state index >= 15 is 0 Å². The molecular formula is C14H14F6N2O. The molecule has 0 amide bonds. The Hall–Kier alpha value is -1.93. The van der Waals surface area contributed by atoms with Gasteiger partial charge >= 0.3 is 6.18 Å². The summed E-state index contributed by atoms with van der Waals surface area (Å²) in [5.41, 5.74) is 0.219. The Labute approximate surface area is 128 Å². The van der Waals surface area contributed by atoms with Crippen molar-refractivity contribution in [1.29, 1.82) is 0 Å². The van der Waals surface area contributed by atoms with Crippen LogP contribution in [0.25, 0.3) is 0 Å². The number of nitrogens with one attached hydrogen (secondary N) is 1. The topological polar surface area (TPSA) is 33.6 Å². The number of alkyl halides is 6. The van der Waals surface area contributed by atoms with Gasteiger partial charge in [0.2, 0.25) is 5.84 Å². The molecule has 0 bridgehead atoms. The van der Waals surface area contributed by atoms with E-state index in [4.69, 9.17) is 4.74 Å². The third kappa shape index (κ3) is 3.70. The summed E-state index contributed by atoms with van der Waals surface area (Å²) in [5, 5.41) is 2.11. The fraction of sp³-hybridized carbons (Fsp3) is 0.500. The summed E-state index contributed by atoms with van der Waals surface area (Å²) in [6.45, 7) is -1.55. The van der Waals surface area contributed by atoms with E-state index in [-0.39, 0.29) is 17.0 Å². The third-order valence-electron chi connectivity index (χ3n) is 3.41. The molecule has 1 aromatic carbocycles. The van der Waals surface area contributed by atoms with Gasteiger partial charge in [-0.05, 0) is 12.1 Å². The average Bonchev–Trinajstić information content (AvgIpc) is 2.52. The van der Waals surface area contributed by atoms with Crippen LogP contribution in [0.1, 0.15) is 18.0 Å². The Morgan fingerprint density at radius 1 is 1.26 bits per heavy atom. The minimum Gasteiger partial charge on any atom is -0.496 e. The van der Waals surface area contributed by atoms with Crippen LogP contribution in [-0.2, 0) is 0 Å². The second-order valence-corrected chi connectivity index (χ2v) is 4.96. The van der Waals surface area contributed by atoms with E-state index in [1.54, 1.807) is 0 Å². The zero-order valence-electron chi connectivity index (χ0n) is 12.0. The van der Waals surface area contributed by atoms with Gasteiger partial charge in [0.15, 0.2) is 6.17 Å². The van der Waals surface area contributed by atoms with Crippen molar-refractivity contribution in [2.45, 2.75) is 31.0 Å². The molecule has 1 aliphatic rings. The maximum atomic E-state index is 13.7. The Morgan fingerprint density at radius 2 is 1.96 bits per heavy atom. The van der Waals surface area contributed by atoms with Crippen LogP contribution in [-0.4, -0.2) is 38.1 Å². The molecular weight excluding hydrogens is 326 g/mol. The molecule has 0 aliphatic carbocycles. The molecule has 23 heavy (non-hydrogen) atoms. The molecule has 0 saturated heterocycles. The minimum atomic E-state index is -4.78. The van der Waals surface area contributed by atoms with E-state index in [0.29, 0.717) is 0 Å². The van der Waals surface area contributed by atoms with E-state index in [1.165, 1.54) is 25.3 Å². The highest BCUT2D eigenvalue weighted by Crippen LogP contribution is 2.42. The first-order valence-corrected chi connectivity index (χ1v) is 6.71. The first kappa shape index (κ1) is 17.4. The van der Waals surface area contributed by atoms with Crippen molar-refractivity contribution >= 4 is 11.5 Å². The maximum Gasteiger partial charge on any atom is 0.449 e. The normalized spacial score (nSPS) is 20.1. The number of amidine groups is 1. The molecule has 0 spiro atoms. The summed E-state index contributed by atoms with van der Waals surface area (Å²) in [7, 11) is 1.29. The second kappa shape index (κ2) is 6.67. The van der Waals surface area contributed by atoms with E-state index in [2.05, 4.69) is 10.3 Å². The molecule has 128 valence electrons. The van der Waals surface area contributed by atoms with Gasteiger partial charge in [0.05, 0.1) is 13.2 Å². The number of rotatable bonds is 5. The highest BCUT2D eigenvalue weighted by molar-refractivity contribution is 6.02. The first-order chi connectivity index (χ1) is 10.8. The van der Waals surface area contributed by atoms with Crippen molar-refractivity contribution in [1.82, 2.24) is 0 Å². The predicted molar refractivity (Wildman–Crippen MR) is 73.2 cm³/mol. The molecule has 0 radical (unpaired) electrons.